The highest BCUT2D eigenvalue weighted by molar-refractivity contribution is 5.22. The zero-order chi connectivity index (χ0) is 10.1. The van der Waals surface area contributed by atoms with Gasteiger partial charge < -0.3 is 10.1 Å². The molecule has 1 unspecified atom stereocenters. The van der Waals surface area contributed by atoms with E-state index in [-0.39, 0.29) is 0 Å². The fourth-order valence-electron chi connectivity index (χ4n) is 2.21. The highest BCUT2D eigenvalue weighted by Crippen LogP contribution is 2.23. The molecule has 0 aromatic carbocycles. The Morgan fingerprint density at radius 2 is 2.40 bits per heavy atom. The van der Waals surface area contributed by atoms with Crippen molar-refractivity contribution >= 4 is 0 Å². The number of nitrogens with zero attached hydrogens (tertiary/aromatic N) is 2. The topological polar surface area (TPSA) is 47.0 Å². The van der Waals surface area contributed by atoms with Crippen LogP contribution < -0.4 is 5.32 Å². The minimum Gasteiger partial charge on any atom is -0.381 e. The van der Waals surface area contributed by atoms with Gasteiger partial charge in [-0.25, -0.2) is 9.97 Å². The molecule has 4 nitrogen and oxygen atoms in total. The predicted octanol–water partition coefficient (Wildman–Crippen LogP) is 0.974. The van der Waals surface area contributed by atoms with Crippen LogP contribution in [0.2, 0.25) is 0 Å². The smallest absolute Gasteiger partial charge is 0.133 e. The monoisotopic (exact) mass is 205 g/mol. The van der Waals surface area contributed by atoms with Crippen molar-refractivity contribution in [2.24, 2.45) is 0 Å². The summed E-state index contributed by atoms with van der Waals surface area (Å²) in [5, 5.41) is 3.28. The van der Waals surface area contributed by atoms with Gasteiger partial charge in [0.1, 0.15) is 5.82 Å². The summed E-state index contributed by atoms with van der Waals surface area (Å²) in [5.74, 6) is 1.38. The number of rotatable bonds is 1. The predicted molar refractivity (Wildman–Crippen MR) is 55.4 cm³/mol. The molecule has 0 bridgehead atoms. The summed E-state index contributed by atoms with van der Waals surface area (Å²) >= 11 is 0. The molecular formula is C11H15N3O. The molecule has 2 aliphatic heterocycles. The van der Waals surface area contributed by atoms with Gasteiger partial charge in [0.05, 0.1) is 12.3 Å². The highest BCUT2D eigenvalue weighted by Gasteiger charge is 2.21. The van der Waals surface area contributed by atoms with Crippen molar-refractivity contribution < 1.29 is 4.74 Å². The Hall–Kier alpha value is -1.00. The van der Waals surface area contributed by atoms with Gasteiger partial charge in [-0.3, -0.25) is 0 Å². The molecule has 3 heterocycles. The van der Waals surface area contributed by atoms with Crippen LogP contribution in [0.15, 0.2) is 6.20 Å². The van der Waals surface area contributed by atoms with Gasteiger partial charge >= 0.3 is 0 Å². The highest BCUT2D eigenvalue weighted by atomic mass is 16.5. The number of nitrogens with one attached hydrogen (secondary N) is 1. The quantitative estimate of drug-likeness (QED) is 0.742. The van der Waals surface area contributed by atoms with Gasteiger partial charge in [-0.05, 0) is 12.8 Å². The Morgan fingerprint density at radius 3 is 3.27 bits per heavy atom. The summed E-state index contributed by atoms with van der Waals surface area (Å²) in [6.45, 7) is 3.48. The molecule has 80 valence electrons. The van der Waals surface area contributed by atoms with E-state index in [1.54, 1.807) is 0 Å². The molecule has 1 saturated heterocycles. The lowest BCUT2D eigenvalue weighted by atomic mass is 10.0. The van der Waals surface area contributed by atoms with E-state index in [1.807, 2.05) is 6.20 Å². The molecule has 1 N–H and O–H groups in total. The van der Waals surface area contributed by atoms with Crippen LogP contribution in [0.4, 0.5) is 0 Å². The SMILES string of the molecule is c1nc(C2CCCOC2)nc2c1CNC2. The van der Waals surface area contributed by atoms with E-state index in [4.69, 9.17) is 4.74 Å². The maximum atomic E-state index is 5.46. The first-order valence-corrected chi connectivity index (χ1v) is 5.56. The third kappa shape index (κ3) is 1.75. The second-order valence-electron chi connectivity index (χ2n) is 4.22. The van der Waals surface area contributed by atoms with E-state index in [0.29, 0.717) is 5.92 Å². The van der Waals surface area contributed by atoms with Crippen LogP contribution in [0.25, 0.3) is 0 Å². The summed E-state index contributed by atoms with van der Waals surface area (Å²) in [6, 6.07) is 0. The van der Waals surface area contributed by atoms with Gasteiger partial charge in [0.15, 0.2) is 0 Å². The first kappa shape index (κ1) is 9.24. The number of aromatic nitrogens is 2. The molecule has 0 amide bonds. The molecule has 0 spiro atoms. The van der Waals surface area contributed by atoms with Crippen LogP contribution in [-0.4, -0.2) is 23.2 Å². The van der Waals surface area contributed by atoms with Crippen molar-refractivity contribution in [3.8, 4) is 0 Å². The molecular weight excluding hydrogens is 190 g/mol. The number of hydrogen-bond donors (Lipinski definition) is 1. The summed E-state index contributed by atoms with van der Waals surface area (Å²) in [4.78, 5) is 9.07. The van der Waals surface area contributed by atoms with Crippen LogP contribution >= 0.6 is 0 Å². The van der Waals surface area contributed by atoms with E-state index in [1.165, 1.54) is 11.3 Å². The molecule has 1 aromatic heterocycles. The van der Waals surface area contributed by atoms with E-state index < -0.39 is 0 Å². The lowest BCUT2D eigenvalue weighted by molar-refractivity contribution is 0.0780. The maximum absolute atomic E-state index is 5.46. The largest absolute Gasteiger partial charge is 0.381 e. The van der Waals surface area contributed by atoms with Crippen LogP contribution in [0.5, 0.6) is 0 Å². The molecule has 15 heavy (non-hydrogen) atoms. The summed E-state index contributed by atoms with van der Waals surface area (Å²) in [6.07, 6.45) is 4.25. The molecule has 2 aliphatic rings. The lowest BCUT2D eigenvalue weighted by Gasteiger charge is -2.20. The third-order valence-electron chi connectivity index (χ3n) is 3.11. The number of fused-ring (bicyclic) bond motifs is 1. The normalized spacial score (nSPS) is 25.2. The van der Waals surface area contributed by atoms with Crippen LogP contribution in [-0.2, 0) is 17.8 Å². The molecule has 0 saturated carbocycles. The molecule has 1 atom stereocenters. The van der Waals surface area contributed by atoms with Crippen molar-refractivity contribution in [3.63, 3.8) is 0 Å². The fraction of sp³-hybridized carbons (Fsp3) is 0.636. The Bertz CT molecular complexity index is 361. The standard InChI is InChI=1S/C11H15N3O/c1-2-8(7-15-3-1)11-13-5-9-4-12-6-10(9)14-11/h5,8,12H,1-4,6-7H2. The van der Waals surface area contributed by atoms with Gasteiger partial charge in [-0.15, -0.1) is 0 Å². The Morgan fingerprint density at radius 1 is 1.40 bits per heavy atom. The fourth-order valence-corrected chi connectivity index (χ4v) is 2.21. The first-order chi connectivity index (χ1) is 7.43. The molecule has 1 aromatic rings. The number of hydrogen-bond acceptors (Lipinski definition) is 4. The average Bonchev–Trinajstić information content (AvgIpc) is 2.77. The number of ether oxygens (including phenoxy) is 1. The maximum Gasteiger partial charge on any atom is 0.133 e. The summed E-state index contributed by atoms with van der Waals surface area (Å²) in [5.41, 5.74) is 2.42. The average molecular weight is 205 g/mol. The second-order valence-corrected chi connectivity index (χ2v) is 4.22. The van der Waals surface area contributed by atoms with Gasteiger partial charge in [-0.2, -0.15) is 0 Å². The molecule has 3 rings (SSSR count). The van der Waals surface area contributed by atoms with Gasteiger partial charge in [0.2, 0.25) is 0 Å². The van der Waals surface area contributed by atoms with Crippen molar-refractivity contribution in [1.29, 1.82) is 0 Å². The molecule has 0 radical (unpaired) electrons. The zero-order valence-corrected chi connectivity index (χ0v) is 8.70. The molecule has 1 fully saturated rings. The summed E-state index contributed by atoms with van der Waals surface area (Å²) < 4.78 is 5.46. The minimum atomic E-state index is 0.407. The van der Waals surface area contributed by atoms with E-state index in [0.717, 1.165) is 45.0 Å². The third-order valence-corrected chi connectivity index (χ3v) is 3.11. The van der Waals surface area contributed by atoms with Gasteiger partial charge in [0.25, 0.3) is 0 Å². The van der Waals surface area contributed by atoms with Crippen LogP contribution in [0.3, 0.4) is 0 Å². The van der Waals surface area contributed by atoms with Crippen molar-refractivity contribution in [2.75, 3.05) is 13.2 Å². The summed E-state index contributed by atoms with van der Waals surface area (Å²) in [7, 11) is 0. The van der Waals surface area contributed by atoms with E-state index in [9.17, 15) is 0 Å². The van der Waals surface area contributed by atoms with Crippen LogP contribution in [0.1, 0.15) is 35.8 Å². The van der Waals surface area contributed by atoms with Gasteiger partial charge in [-0.1, -0.05) is 0 Å². The van der Waals surface area contributed by atoms with Gasteiger partial charge in [0, 0.05) is 37.4 Å². The first-order valence-electron chi connectivity index (χ1n) is 5.56. The molecule has 0 aliphatic carbocycles. The van der Waals surface area contributed by atoms with E-state index in [2.05, 4.69) is 15.3 Å². The Balaban J connectivity index is 1.85. The Kier molecular flexibility index (Phi) is 2.38. The zero-order valence-electron chi connectivity index (χ0n) is 8.70. The van der Waals surface area contributed by atoms with Crippen molar-refractivity contribution in [3.05, 3.63) is 23.3 Å². The molecule has 4 heteroatoms. The van der Waals surface area contributed by atoms with Crippen molar-refractivity contribution in [1.82, 2.24) is 15.3 Å². The van der Waals surface area contributed by atoms with E-state index >= 15 is 0 Å². The second kappa shape index (κ2) is 3.87. The van der Waals surface area contributed by atoms with Crippen molar-refractivity contribution in [2.45, 2.75) is 31.8 Å². The Labute approximate surface area is 89.1 Å². The van der Waals surface area contributed by atoms with Crippen LogP contribution in [0, 0.1) is 0 Å². The minimum absolute atomic E-state index is 0.407. The lowest BCUT2D eigenvalue weighted by Crippen LogP contribution is -2.18.